The second-order valence-electron chi connectivity index (χ2n) is 4.65. The molecule has 0 unspecified atom stereocenters. The Morgan fingerprint density at radius 2 is 1.61 bits per heavy atom. The first-order valence-corrected chi connectivity index (χ1v) is 7.28. The second kappa shape index (κ2) is 14.2. The van der Waals surface area contributed by atoms with Crippen molar-refractivity contribution in [2.75, 3.05) is 13.2 Å². The summed E-state index contributed by atoms with van der Waals surface area (Å²) >= 11 is 0. The molecule has 0 bridgehead atoms. The van der Waals surface area contributed by atoms with Crippen LogP contribution in [0.3, 0.4) is 0 Å². The van der Waals surface area contributed by atoms with Gasteiger partial charge < -0.3 is 10.2 Å². The quantitative estimate of drug-likeness (QED) is 0.314. The zero-order valence-corrected chi connectivity index (χ0v) is 11.8. The number of hydrogen-bond donors (Lipinski definition) is 2. The smallest absolute Gasteiger partial charge is 0.0958 e. The van der Waals surface area contributed by atoms with Gasteiger partial charge in [-0.1, -0.05) is 51.9 Å². The summed E-state index contributed by atoms with van der Waals surface area (Å²) in [7, 11) is 0. The normalized spacial score (nSPS) is 12.4. The Bertz CT molecular complexity index is 225. The molecule has 2 N–H and O–H groups in total. The van der Waals surface area contributed by atoms with Crippen LogP contribution in [0.4, 0.5) is 0 Å². The Labute approximate surface area is 112 Å². The van der Waals surface area contributed by atoms with E-state index in [4.69, 9.17) is 5.11 Å². The first kappa shape index (κ1) is 17.2. The molecule has 0 aromatic heterocycles. The van der Waals surface area contributed by atoms with Crippen molar-refractivity contribution in [1.29, 1.82) is 0 Å². The van der Waals surface area contributed by atoms with Gasteiger partial charge in [-0.05, 0) is 12.5 Å². The lowest BCUT2D eigenvalue weighted by Gasteiger charge is -1.99. The Kier molecular flexibility index (Phi) is 13.6. The fourth-order valence-corrected chi connectivity index (χ4v) is 1.78. The molecule has 0 aliphatic rings. The zero-order chi connectivity index (χ0) is 13.5. The van der Waals surface area contributed by atoms with Gasteiger partial charge in [0.1, 0.15) is 0 Å². The Morgan fingerprint density at radius 1 is 1.00 bits per heavy atom. The maximum atomic E-state index is 9.20. The maximum absolute atomic E-state index is 9.20. The predicted octanol–water partition coefficient (Wildman–Crippen LogP) is 4.02. The first-order valence-electron chi connectivity index (χ1n) is 7.28. The lowest BCUT2D eigenvalue weighted by atomic mass is 10.1. The van der Waals surface area contributed by atoms with Gasteiger partial charge in [-0.25, -0.2) is 0 Å². The minimum atomic E-state index is -0.113. The van der Waals surface area contributed by atoms with Gasteiger partial charge in [-0.3, -0.25) is 4.99 Å². The second-order valence-corrected chi connectivity index (χ2v) is 4.65. The Hall–Kier alpha value is -0.830. The number of nitrogens with zero attached hydrogens (tertiary/aromatic N) is 1. The fraction of sp³-hybridized carbons (Fsp3) is 0.800. The molecule has 0 atom stereocenters. The van der Waals surface area contributed by atoms with Crippen molar-refractivity contribution in [3.05, 3.63) is 11.8 Å². The molecule has 0 aromatic carbocycles. The maximum Gasteiger partial charge on any atom is 0.0958 e. The summed E-state index contributed by atoms with van der Waals surface area (Å²) in [4.78, 5) is 4.23. The average molecular weight is 255 g/mol. The van der Waals surface area contributed by atoms with Crippen LogP contribution in [0.5, 0.6) is 0 Å². The Balaban J connectivity index is 3.20. The van der Waals surface area contributed by atoms with Crippen LogP contribution in [0.15, 0.2) is 16.8 Å². The van der Waals surface area contributed by atoms with Crippen LogP contribution in [-0.4, -0.2) is 29.6 Å². The fourth-order valence-electron chi connectivity index (χ4n) is 1.78. The summed E-state index contributed by atoms with van der Waals surface area (Å²) in [5.74, 6) is 0.192. The molecule has 18 heavy (non-hydrogen) atoms. The molecule has 0 radical (unpaired) electrons. The summed E-state index contributed by atoms with van der Waals surface area (Å²) < 4.78 is 0. The van der Waals surface area contributed by atoms with Crippen LogP contribution in [0.25, 0.3) is 0 Å². The molecule has 0 amide bonds. The van der Waals surface area contributed by atoms with E-state index in [2.05, 4.69) is 11.9 Å². The number of hydrogen-bond acceptors (Lipinski definition) is 3. The third-order valence-electron chi connectivity index (χ3n) is 2.90. The standard InChI is InChI=1S/C15H29NO2/c1-2-3-4-5-6-7-8-9-12-16-13-10-15(18)11-14-17/h11,13,17-18H,2-10,12,14H2,1H3. The van der Waals surface area contributed by atoms with Crippen LogP contribution in [0.2, 0.25) is 0 Å². The van der Waals surface area contributed by atoms with E-state index >= 15 is 0 Å². The zero-order valence-electron chi connectivity index (χ0n) is 11.8. The highest BCUT2D eigenvalue weighted by molar-refractivity contribution is 5.60. The van der Waals surface area contributed by atoms with Gasteiger partial charge in [0.05, 0.1) is 12.4 Å². The lowest BCUT2D eigenvalue weighted by Crippen LogP contribution is -1.88. The molecular weight excluding hydrogens is 226 g/mol. The van der Waals surface area contributed by atoms with Gasteiger partial charge >= 0.3 is 0 Å². The van der Waals surface area contributed by atoms with Crippen molar-refractivity contribution in [3.8, 4) is 0 Å². The highest BCUT2D eigenvalue weighted by atomic mass is 16.3. The lowest BCUT2D eigenvalue weighted by molar-refractivity contribution is 0.328. The van der Waals surface area contributed by atoms with Crippen molar-refractivity contribution in [2.24, 2.45) is 4.99 Å². The summed E-state index contributed by atoms with van der Waals surface area (Å²) in [5, 5.41) is 17.7. The van der Waals surface area contributed by atoms with E-state index < -0.39 is 0 Å². The number of aliphatic hydroxyl groups excluding tert-OH is 2. The van der Waals surface area contributed by atoms with E-state index in [0.717, 1.165) is 13.0 Å². The van der Waals surface area contributed by atoms with E-state index in [-0.39, 0.29) is 12.4 Å². The molecule has 106 valence electrons. The van der Waals surface area contributed by atoms with E-state index in [1.807, 2.05) is 0 Å². The number of aliphatic hydroxyl groups is 2. The minimum Gasteiger partial charge on any atom is -0.512 e. The summed E-state index contributed by atoms with van der Waals surface area (Å²) in [6.07, 6.45) is 14.0. The largest absolute Gasteiger partial charge is 0.512 e. The van der Waals surface area contributed by atoms with Crippen molar-refractivity contribution in [3.63, 3.8) is 0 Å². The van der Waals surface area contributed by atoms with Crippen LogP contribution < -0.4 is 0 Å². The highest BCUT2D eigenvalue weighted by Crippen LogP contribution is 2.08. The number of aliphatic imine (C=N–C) groups is 1. The first-order chi connectivity index (χ1) is 8.81. The molecule has 3 nitrogen and oxygen atoms in total. The molecule has 0 aromatic rings. The third-order valence-corrected chi connectivity index (χ3v) is 2.90. The minimum absolute atomic E-state index is 0.113. The monoisotopic (exact) mass is 255 g/mol. The van der Waals surface area contributed by atoms with Crippen LogP contribution >= 0.6 is 0 Å². The Morgan fingerprint density at radius 3 is 2.22 bits per heavy atom. The van der Waals surface area contributed by atoms with E-state index in [1.165, 1.54) is 51.0 Å². The van der Waals surface area contributed by atoms with Gasteiger partial charge in [-0.15, -0.1) is 0 Å². The van der Waals surface area contributed by atoms with E-state index in [1.54, 1.807) is 6.21 Å². The molecule has 0 saturated carbocycles. The predicted molar refractivity (Wildman–Crippen MR) is 78.4 cm³/mol. The van der Waals surface area contributed by atoms with Crippen LogP contribution in [0, 0.1) is 0 Å². The van der Waals surface area contributed by atoms with Gasteiger partial charge in [0.2, 0.25) is 0 Å². The van der Waals surface area contributed by atoms with Gasteiger partial charge in [0, 0.05) is 19.2 Å². The molecule has 0 heterocycles. The van der Waals surface area contributed by atoms with Gasteiger partial charge in [0.25, 0.3) is 0 Å². The summed E-state index contributed by atoms with van der Waals surface area (Å²) in [5.41, 5.74) is 0. The number of allylic oxidation sites excluding steroid dienone is 1. The van der Waals surface area contributed by atoms with Gasteiger partial charge in [0.15, 0.2) is 0 Å². The number of unbranched alkanes of at least 4 members (excludes halogenated alkanes) is 7. The van der Waals surface area contributed by atoms with Crippen molar-refractivity contribution >= 4 is 6.21 Å². The SMILES string of the molecule is CCCCCCCCCCN=CCC(O)=CCO. The van der Waals surface area contributed by atoms with Crippen LogP contribution in [0.1, 0.15) is 64.7 Å². The van der Waals surface area contributed by atoms with Crippen molar-refractivity contribution in [1.82, 2.24) is 0 Å². The van der Waals surface area contributed by atoms with Crippen molar-refractivity contribution in [2.45, 2.75) is 64.7 Å². The average Bonchev–Trinajstić information content (AvgIpc) is 2.36. The van der Waals surface area contributed by atoms with Crippen LogP contribution in [-0.2, 0) is 0 Å². The molecular formula is C15H29NO2. The molecule has 3 heteroatoms. The molecule has 0 aliphatic heterocycles. The highest BCUT2D eigenvalue weighted by Gasteiger charge is 1.91. The molecule has 0 rings (SSSR count). The third kappa shape index (κ3) is 13.2. The molecule has 0 saturated heterocycles. The number of rotatable bonds is 12. The summed E-state index contributed by atoms with van der Waals surface area (Å²) in [6, 6.07) is 0. The summed E-state index contributed by atoms with van der Waals surface area (Å²) in [6.45, 7) is 2.98. The van der Waals surface area contributed by atoms with E-state index in [9.17, 15) is 5.11 Å². The van der Waals surface area contributed by atoms with Gasteiger partial charge in [-0.2, -0.15) is 0 Å². The molecule has 0 aliphatic carbocycles. The topological polar surface area (TPSA) is 52.8 Å². The molecule has 0 spiro atoms. The van der Waals surface area contributed by atoms with Crippen molar-refractivity contribution < 1.29 is 10.2 Å². The van der Waals surface area contributed by atoms with E-state index in [0.29, 0.717) is 6.42 Å². The molecule has 0 fully saturated rings.